The largest absolute Gasteiger partial charge is 0.315 e. The number of Topliss-reactive ketones (excluding diaryl/α,β-unsaturated/α-hetero) is 1. The topological polar surface area (TPSA) is 43.1 Å². The van der Waals surface area contributed by atoms with Gasteiger partial charge in [0, 0.05) is 6.42 Å². The fourth-order valence-corrected chi connectivity index (χ4v) is 1.54. The van der Waals surface area contributed by atoms with Gasteiger partial charge in [-0.25, -0.2) is 0 Å². The Bertz CT molecular complexity index is 317. The van der Waals surface area contributed by atoms with Crippen LogP contribution in [0.4, 0.5) is 0 Å². The highest BCUT2D eigenvalue weighted by molar-refractivity contribution is 5.88. The summed E-state index contributed by atoms with van der Waals surface area (Å²) in [5.41, 5.74) is 6.13. The Morgan fingerprint density at radius 3 is 2.47 bits per heavy atom. The van der Waals surface area contributed by atoms with E-state index in [0.29, 0.717) is 6.42 Å². The van der Waals surface area contributed by atoms with Gasteiger partial charge in [0.15, 0.2) is 5.78 Å². The maximum Gasteiger partial charge on any atom is 0.156 e. The third-order valence-corrected chi connectivity index (χ3v) is 2.71. The smallest absolute Gasteiger partial charge is 0.156 e. The maximum atomic E-state index is 11.9. The quantitative estimate of drug-likeness (QED) is 0.803. The molecular weight excluding hydrogens is 186 g/mol. The first-order chi connectivity index (χ1) is 7.09. The number of benzene rings is 1. The molecule has 1 aromatic carbocycles. The van der Waals surface area contributed by atoms with Crippen molar-refractivity contribution in [2.45, 2.75) is 38.6 Å². The summed E-state index contributed by atoms with van der Waals surface area (Å²) in [6.07, 6.45) is 2.51. The Labute approximate surface area is 91.5 Å². The molecule has 0 bridgehead atoms. The third-order valence-electron chi connectivity index (χ3n) is 2.71. The van der Waals surface area contributed by atoms with Gasteiger partial charge in [-0.1, -0.05) is 43.7 Å². The number of ketones is 1. The summed E-state index contributed by atoms with van der Waals surface area (Å²) in [5.74, 6) is 0.121. The molecule has 0 aromatic heterocycles. The second-order valence-electron chi connectivity index (χ2n) is 4.10. The van der Waals surface area contributed by atoms with Crippen molar-refractivity contribution in [3.05, 3.63) is 35.9 Å². The Morgan fingerprint density at radius 2 is 1.93 bits per heavy atom. The average molecular weight is 205 g/mol. The fourth-order valence-electron chi connectivity index (χ4n) is 1.54. The van der Waals surface area contributed by atoms with Crippen LogP contribution in [0.2, 0.25) is 0 Å². The molecule has 0 fully saturated rings. The second kappa shape index (κ2) is 5.08. The predicted molar refractivity (Wildman–Crippen MR) is 62.5 cm³/mol. The summed E-state index contributed by atoms with van der Waals surface area (Å²) >= 11 is 0. The van der Waals surface area contributed by atoms with Gasteiger partial charge in [-0.15, -0.1) is 0 Å². The highest BCUT2D eigenvalue weighted by Crippen LogP contribution is 2.20. The fraction of sp³-hybridized carbons (Fsp3) is 0.462. The minimum absolute atomic E-state index is 0.121. The Kier molecular flexibility index (Phi) is 4.04. The molecule has 0 aliphatic carbocycles. The Hall–Kier alpha value is -1.15. The van der Waals surface area contributed by atoms with Crippen molar-refractivity contribution in [2.75, 3.05) is 0 Å². The van der Waals surface area contributed by atoms with Crippen molar-refractivity contribution in [2.24, 2.45) is 5.73 Å². The van der Waals surface area contributed by atoms with Gasteiger partial charge in [-0.3, -0.25) is 4.79 Å². The normalized spacial score (nSPS) is 14.6. The maximum absolute atomic E-state index is 11.9. The highest BCUT2D eigenvalue weighted by atomic mass is 16.1. The monoisotopic (exact) mass is 205 g/mol. The summed E-state index contributed by atoms with van der Waals surface area (Å²) in [7, 11) is 0. The summed E-state index contributed by atoms with van der Waals surface area (Å²) in [4.78, 5) is 11.9. The number of hydrogen-bond donors (Lipinski definition) is 1. The molecule has 1 rings (SSSR count). The lowest BCUT2D eigenvalue weighted by molar-refractivity contribution is -0.124. The van der Waals surface area contributed by atoms with Gasteiger partial charge in [0.05, 0.1) is 5.54 Å². The molecule has 0 aliphatic rings. The van der Waals surface area contributed by atoms with E-state index in [0.717, 1.165) is 18.4 Å². The van der Waals surface area contributed by atoms with E-state index < -0.39 is 5.54 Å². The molecule has 0 saturated carbocycles. The molecule has 82 valence electrons. The predicted octanol–water partition coefficient (Wildman–Crippen LogP) is 2.62. The van der Waals surface area contributed by atoms with Crippen molar-refractivity contribution in [3.8, 4) is 0 Å². The first-order valence-corrected chi connectivity index (χ1v) is 5.46. The highest BCUT2D eigenvalue weighted by Gasteiger charge is 2.28. The zero-order valence-corrected chi connectivity index (χ0v) is 9.49. The van der Waals surface area contributed by atoms with Crippen LogP contribution in [-0.2, 0) is 10.3 Å². The van der Waals surface area contributed by atoms with E-state index in [-0.39, 0.29) is 5.78 Å². The van der Waals surface area contributed by atoms with Crippen molar-refractivity contribution < 1.29 is 4.79 Å². The molecule has 1 atom stereocenters. The van der Waals surface area contributed by atoms with Gasteiger partial charge in [0.2, 0.25) is 0 Å². The molecule has 0 saturated heterocycles. The van der Waals surface area contributed by atoms with Crippen LogP contribution in [0.5, 0.6) is 0 Å². The van der Waals surface area contributed by atoms with Gasteiger partial charge in [0.25, 0.3) is 0 Å². The molecular formula is C13H19NO. The van der Waals surface area contributed by atoms with Crippen molar-refractivity contribution in [3.63, 3.8) is 0 Å². The summed E-state index contributed by atoms with van der Waals surface area (Å²) in [5, 5.41) is 0. The molecule has 0 heterocycles. The molecule has 0 radical (unpaired) electrons. The molecule has 2 N–H and O–H groups in total. The number of carbonyl (C=O) groups is 1. The van der Waals surface area contributed by atoms with Crippen LogP contribution in [0, 0.1) is 0 Å². The first-order valence-electron chi connectivity index (χ1n) is 5.46. The van der Waals surface area contributed by atoms with Gasteiger partial charge >= 0.3 is 0 Å². The van der Waals surface area contributed by atoms with Crippen molar-refractivity contribution >= 4 is 5.78 Å². The van der Waals surface area contributed by atoms with E-state index in [1.807, 2.05) is 30.3 Å². The van der Waals surface area contributed by atoms with Crippen LogP contribution in [0.3, 0.4) is 0 Å². The van der Waals surface area contributed by atoms with Crippen LogP contribution in [0.1, 0.15) is 38.7 Å². The Morgan fingerprint density at radius 1 is 1.33 bits per heavy atom. The lowest BCUT2D eigenvalue weighted by Gasteiger charge is -2.23. The number of hydrogen-bond acceptors (Lipinski definition) is 2. The van der Waals surface area contributed by atoms with E-state index in [1.54, 1.807) is 6.92 Å². The van der Waals surface area contributed by atoms with Crippen LogP contribution >= 0.6 is 0 Å². The average Bonchev–Trinajstić information content (AvgIpc) is 2.27. The van der Waals surface area contributed by atoms with Crippen LogP contribution in [0.25, 0.3) is 0 Å². The molecule has 15 heavy (non-hydrogen) atoms. The number of unbranched alkanes of at least 4 members (excludes halogenated alkanes) is 1. The minimum Gasteiger partial charge on any atom is -0.315 e. The molecule has 2 heteroatoms. The third kappa shape index (κ3) is 2.90. The lowest BCUT2D eigenvalue weighted by Crippen LogP contribution is -2.41. The zero-order valence-electron chi connectivity index (χ0n) is 9.49. The SMILES string of the molecule is CCCCC(=O)C(C)(N)c1ccccc1. The zero-order chi connectivity index (χ0) is 11.3. The van der Waals surface area contributed by atoms with Crippen molar-refractivity contribution in [1.82, 2.24) is 0 Å². The standard InChI is InChI=1S/C13H19NO/c1-3-4-10-12(15)13(2,14)11-8-6-5-7-9-11/h5-9H,3-4,10,14H2,1-2H3. The Balaban J connectivity index is 2.78. The van der Waals surface area contributed by atoms with E-state index >= 15 is 0 Å². The minimum atomic E-state index is -0.837. The lowest BCUT2D eigenvalue weighted by atomic mass is 9.86. The van der Waals surface area contributed by atoms with Gasteiger partial charge in [-0.05, 0) is 18.9 Å². The summed E-state index contributed by atoms with van der Waals surface area (Å²) in [6.45, 7) is 3.87. The van der Waals surface area contributed by atoms with Crippen LogP contribution < -0.4 is 5.73 Å². The molecule has 0 aliphatic heterocycles. The summed E-state index contributed by atoms with van der Waals surface area (Å²) < 4.78 is 0. The van der Waals surface area contributed by atoms with E-state index in [4.69, 9.17) is 5.73 Å². The second-order valence-corrected chi connectivity index (χ2v) is 4.10. The van der Waals surface area contributed by atoms with E-state index in [9.17, 15) is 4.79 Å². The molecule has 1 unspecified atom stereocenters. The molecule has 2 nitrogen and oxygen atoms in total. The van der Waals surface area contributed by atoms with Crippen LogP contribution in [0.15, 0.2) is 30.3 Å². The van der Waals surface area contributed by atoms with E-state index in [1.165, 1.54) is 0 Å². The van der Waals surface area contributed by atoms with Gasteiger partial charge in [-0.2, -0.15) is 0 Å². The summed E-state index contributed by atoms with van der Waals surface area (Å²) in [6, 6.07) is 9.56. The number of carbonyl (C=O) groups excluding carboxylic acids is 1. The number of nitrogens with two attached hydrogens (primary N) is 1. The van der Waals surface area contributed by atoms with E-state index in [2.05, 4.69) is 6.92 Å². The molecule has 0 spiro atoms. The first kappa shape index (κ1) is 11.9. The van der Waals surface area contributed by atoms with Gasteiger partial charge in [0.1, 0.15) is 0 Å². The number of rotatable bonds is 5. The molecule has 1 aromatic rings. The molecule has 0 amide bonds. The van der Waals surface area contributed by atoms with Crippen LogP contribution in [-0.4, -0.2) is 5.78 Å². The van der Waals surface area contributed by atoms with Gasteiger partial charge < -0.3 is 5.73 Å². The van der Waals surface area contributed by atoms with Crippen molar-refractivity contribution in [1.29, 1.82) is 0 Å².